The molecule has 66 valence electrons. The summed E-state index contributed by atoms with van der Waals surface area (Å²) in [5.41, 5.74) is 0. The van der Waals surface area contributed by atoms with Crippen molar-refractivity contribution in [3.63, 3.8) is 0 Å². The maximum atomic E-state index is 10.9. The van der Waals surface area contributed by atoms with Crippen molar-refractivity contribution in [2.75, 3.05) is 7.05 Å². The Bertz CT molecular complexity index is 271. The van der Waals surface area contributed by atoms with Crippen LogP contribution in [0.2, 0.25) is 0 Å². The number of hydrogen-bond acceptors (Lipinski definition) is 6. The van der Waals surface area contributed by atoms with E-state index in [1.807, 2.05) is 0 Å². The second kappa shape index (κ2) is 3.79. The molecule has 0 atom stereocenters. The minimum Gasteiger partial charge on any atom is -0.352 e. The summed E-state index contributed by atoms with van der Waals surface area (Å²) in [6, 6.07) is 0. The van der Waals surface area contributed by atoms with Crippen molar-refractivity contribution in [3.05, 3.63) is 11.7 Å². The van der Waals surface area contributed by atoms with Crippen molar-refractivity contribution in [2.45, 2.75) is 6.61 Å². The first-order valence-electron chi connectivity index (χ1n) is 3.14. The molecule has 0 aliphatic heterocycles. The maximum absolute atomic E-state index is 10.9. The first kappa shape index (κ1) is 8.62. The molecular weight excluding hydrogens is 164 g/mol. The molecule has 0 radical (unpaired) electrons. The van der Waals surface area contributed by atoms with Gasteiger partial charge in [-0.3, -0.25) is 9.63 Å². The van der Waals surface area contributed by atoms with Crippen LogP contribution >= 0.6 is 0 Å². The van der Waals surface area contributed by atoms with E-state index in [0.29, 0.717) is 0 Å². The molecule has 0 aliphatic rings. The summed E-state index contributed by atoms with van der Waals surface area (Å²) in [4.78, 5) is 18.8. The predicted molar refractivity (Wildman–Crippen MR) is 36.7 cm³/mol. The minimum absolute atomic E-state index is 0.00993. The van der Waals surface area contributed by atoms with E-state index >= 15 is 0 Å². The number of aromatic nitrogens is 2. The number of hydrogen-bond donors (Lipinski definition) is 2. The van der Waals surface area contributed by atoms with Crippen molar-refractivity contribution in [1.29, 1.82) is 0 Å². The molecule has 1 amide bonds. The van der Waals surface area contributed by atoms with Gasteiger partial charge in [0.15, 0.2) is 0 Å². The largest absolute Gasteiger partial charge is 0.352 e. The molecule has 7 heteroatoms. The number of nitrogens with two attached hydrogens (primary N) is 1. The fourth-order valence-electron chi connectivity index (χ4n) is 0.589. The molecule has 1 rings (SSSR count). The molecule has 0 bridgehead atoms. The van der Waals surface area contributed by atoms with E-state index in [-0.39, 0.29) is 18.3 Å². The minimum atomic E-state index is -0.415. The summed E-state index contributed by atoms with van der Waals surface area (Å²) < 4.78 is 4.60. The molecule has 0 fully saturated rings. The molecule has 0 aliphatic carbocycles. The Labute approximate surface area is 67.8 Å². The van der Waals surface area contributed by atoms with Gasteiger partial charge in [-0.25, -0.2) is 5.90 Å². The highest BCUT2D eigenvalue weighted by atomic mass is 16.6. The summed E-state index contributed by atoms with van der Waals surface area (Å²) in [6.07, 6.45) is 0. The molecule has 0 spiro atoms. The Morgan fingerprint density at radius 3 is 3.17 bits per heavy atom. The highest BCUT2D eigenvalue weighted by Gasteiger charge is 2.11. The normalized spacial score (nSPS) is 9.83. The van der Waals surface area contributed by atoms with Crippen LogP contribution < -0.4 is 11.2 Å². The quantitative estimate of drug-likeness (QED) is 0.556. The van der Waals surface area contributed by atoms with Gasteiger partial charge in [-0.05, 0) is 0 Å². The lowest BCUT2D eigenvalue weighted by Gasteiger charge is -1.88. The molecule has 0 unspecified atom stereocenters. The standard InChI is InChI=1S/C5H8N4O3/c1-7-5(10)4-8-3(2-11-6)12-9-4/h2,6H2,1H3,(H,7,10). The van der Waals surface area contributed by atoms with Gasteiger partial charge in [0.2, 0.25) is 0 Å². The van der Waals surface area contributed by atoms with Crippen molar-refractivity contribution in [2.24, 2.45) is 5.90 Å². The van der Waals surface area contributed by atoms with Gasteiger partial charge in [-0.15, -0.1) is 0 Å². The lowest BCUT2D eigenvalue weighted by molar-refractivity contribution is 0.0948. The van der Waals surface area contributed by atoms with Crippen LogP contribution in [0, 0.1) is 0 Å². The summed E-state index contributed by atoms with van der Waals surface area (Å²) in [5, 5.41) is 5.71. The van der Waals surface area contributed by atoms with E-state index in [1.54, 1.807) is 0 Å². The second-order valence-corrected chi connectivity index (χ2v) is 1.90. The fraction of sp³-hybridized carbons (Fsp3) is 0.400. The highest BCUT2D eigenvalue weighted by Crippen LogP contribution is 1.97. The third-order valence-corrected chi connectivity index (χ3v) is 1.11. The van der Waals surface area contributed by atoms with E-state index in [4.69, 9.17) is 5.90 Å². The van der Waals surface area contributed by atoms with Crippen LogP contribution in [0.4, 0.5) is 0 Å². The third-order valence-electron chi connectivity index (χ3n) is 1.11. The summed E-state index contributed by atoms with van der Waals surface area (Å²) >= 11 is 0. The van der Waals surface area contributed by atoms with Crippen LogP contribution in [0.15, 0.2) is 4.52 Å². The number of rotatable bonds is 3. The number of nitrogens with one attached hydrogen (secondary N) is 1. The Balaban J connectivity index is 2.70. The first-order chi connectivity index (χ1) is 5.77. The third kappa shape index (κ3) is 1.77. The highest BCUT2D eigenvalue weighted by molar-refractivity contribution is 5.89. The van der Waals surface area contributed by atoms with Crippen molar-refractivity contribution >= 4 is 5.91 Å². The lowest BCUT2D eigenvalue weighted by Crippen LogP contribution is -2.19. The van der Waals surface area contributed by atoms with Gasteiger partial charge in [-0.1, -0.05) is 5.16 Å². The molecule has 1 aromatic heterocycles. The number of carbonyl (C=O) groups excluding carboxylic acids is 1. The van der Waals surface area contributed by atoms with E-state index in [9.17, 15) is 4.79 Å². The van der Waals surface area contributed by atoms with E-state index in [0.717, 1.165) is 0 Å². The molecule has 0 aromatic carbocycles. The number of amides is 1. The number of nitrogens with zero attached hydrogens (tertiary/aromatic N) is 2. The van der Waals surface area contributed by atoms with E-state index in [1.165, 1.54) is 7.05 Å². The summed E-state index contributed by atoms with van der Waals surface area (Å²) in [7, 11) is 1.47. The molecule has 0 saturated carbocycles. The topological polar surface area (TPSA) is 103 Å². The zero-order chi connectivity index (χ0) is 8.97. The smallest absolute Gasteiger partial charge is 0.292 e. The molecule has 1 aromatic rings. The zero-order valence-electron chi connectivity index (χ0n) is 6.40. The van der Waals surface area contributed by atoms with Crippen LogP contribution in [0.25, 0.3) is 0 Å². The predicted octanol–water partition coefficient (Wildman–Crippen LogP) is -1.18. The second-order valence-electron chi connectivity index (χ2n) is 1.90. The van der Waals surface area contributed by atoms with Crippen molar-refractivity contribution in [3.8, 4) is 0 Å². The van der Waals surface area contributed by atoms with Crippen LogP contribution in [-0.4, -0.2) is 23.1 Å². The Morgan fingerprint density at radius 1 is 1.83 bits per heavy atom. The molecular formula is C5H8N4O3. The molecule has 0 saturated heterocycles. The molecule has 7 nitrogen and oxygen atoms in total. The Kier molecular flexibility index (Phi) is 2.72. The molecule has 1 heterocycles. The van der Waals surface area contributed by atoms with Crippen LogP contribution in [0.3, 0.4) is 0 Å². The van der Waals surface area contributed by atoms with Crippen LogP contribution in [0.1, 0.15) is 16.5 Å². The molecule has 12 heavy (non-hydrogen) atoms. The summed E-state index contributed by atoms with van der Waals surface area (Å²) in [5.74, 6) is 4.46. The molecule has 3 N–H and O–H groups in total. The van der Waals surface area contributed by atoms with Gasteiger partial charge in [0.1, 0.15) is 6.61 Å². The number of carbonyl (C=O) groups is 1. The van der Waals surface area contributed by atoms with Gasteiger partial charge in [0.05, 0.1) is 0 Å². The van der Waals surface area contributed by atoms with Crippen LogP contribution in [0.5, 0.6) is 0 Å². The first-order valence-corrected chi connectivity index (χ1v) is 3.14. The van der Waals surface area contributed by atoms with Crippen molar-refractivity contribution < 1.29 is 14.2 Å². The Morgan fingerprint density at radius 2 is 2.58 bits per heavy atom. The Hall–Kier alpha value is -1.47. The SMILES string of the molecule is CNC(=O)c1noc(CON)n1. The van der Waals surface area contributed by atoms with Gasteiger partial charge in [0, 0.05) is 7.05 Å². The van der Waals surface area contributed by atoms with Gasteiger partial charge in [-0.2, -0.15) is 4.98 Å². The van der Waals surface area contributed by atoms with Gasteiger partial charge in [0.25, 0.3) is 17.6 Å². The average Bonchev–Trinajstić information content (AvgIpc) is 2.52. The maximum Gasteiger partial charge on any atom is 0.292 e. The van der Waals surface area contributed by atoms with E-state index < -0.39 is 5.91 Å². The van der Waals surface area contributed by atoms with E-state index in [2.05, 4.69) is 24.8 Å². The summed E-state index contributed by atoms with van der Waals surface area (Å²) in [6.45, 7) is -0.00993. The average molecular weight is 172 g/mol. The van der Waals surface area contributed by atoms with Gasteiger partial charge < -0.3 is 9.84 Å². The van der Waals surface area contributed by atoms with Crippen molar-refractivity contribution in [1.82, 2.24) is 15.5 Å². The lowest BCUT2D eigenvalue weighted by atomic mass is 10.6. The zero-order valence-corrected chi connectivity index (χ0v) is 6.40. The fourth-order valence-corrected chi connectivity index (χ4v) is 0.589. The van der Waals surface area contributed by atoms with Crippen LogP contribution in [-0.2, 0) is 11.4 Å². The monoisotopic (exact) mass is 172 g/mol. The van der Waals surface area contributed by atoms with Gasteiger partial charge >= 0.3 is 0 Å².